The lowest BCUT2D eigenvalue weighted by molar-refractivity contribution is -0.116. The van der Waals surface area contributed by atoms with Crippen LogP contribution in [-0.4, -0.2) is 27.8 Å². The van der Waals surface area contributed by atoms with Crippen molar-refractivity contribution in [1.29, 1.82) is 0 Å². The molecule has 0 aliphatic rings. The molecular weight excluding hydrogens is 246 g/mol. The lowest BCUT2D eigenvalue weighted by Gasteiger charge is -2.07. The Hall–Kier alpha value is -2.41. The summed E-state index contributed by atoms with van der Waals surface area (Å²) >= 11 is 0. The van der Waals surface area contributed by atoms with Crippen LogP contribution in [-0.2, 0) is 22.7 Å². The number of hydrogen-bond acceptors (Lipinski definition) is 5. The van der Waals surface area contributed by atoms with Crippen LogP contribution in [0.2, 0.25) is 0 Å². The summed E-state index contributed by atoms with van der Waals surface area (Å²) in [6, 6.07) is 7.46. The van der Waals surface area contributed by atoms with E-state index in [-0.39, 0.29) is 18.4 Å². The molecule has 2 rings (SSSR count). The van der Waals surface area contributed by atoms with Gasteiger partial charge in [-0.15, -0.1) is 5.10 Å². The second kappa shape index (κ2) is 5.96. The number of benzene rings is 1. The topological polar surface area (TPSA) is 95.1 Å². The van der Waals surface area contributed by atoms with Crippen molar-refractivity contribution < 1.29 is 9.53 Å². The van der Waals surface area contributed by atoms with Gasteiger partial charge in [-0.2, -0.15) is 0 Å². The van der Waals surface area contributed by atoms with E-state index >= 15 is 0 Å². The van der Waals surface area contributed by atoms with Crippen LogP contribution in [0.15, 0.2) is 30.6 Å². The number of carbonyl (C=O) groups is 1. The number of nitrogens with one attached hydrogen (secondary N) is 1. The number of hydrogen-bond donors (Lipinski definition) is 2. The fourth-order valence-electron chi connectivity index (χ4n) is 1.64. The summed E-state index contributed by atoms with van der Waals surface area (Å²) in [6.45, 7) is 0.571. The predicted molar refractivity (Wildman–Crippen MR) is 70.2 cm³/mol. The van der Waals surface area contributed by atoms with Crippen molar-refractivity contribution in [3.05, 3.63) is 36.2 Å². The highest BCUT2D eigenvalue weighted by Crippen LogP contribution is 2.11. The number of aromatic nitrogens is 3. The van der Waals surface area contributed by atoms with Crippen LogP contribution < -0.4 is 11.1 Å². The minimum Gasteiger partial charge on any atom is -0.380 e. The van der Waals surface area contributed by atoms with Crippen molar-refractivity contribution in [3.63, 3.8) is 0 Å². The third-order valence-corrected chi connectivity index (χ3v) is 2.38. The molecule has 0 aliphatic carbocycles. The predicted octanol–water partition coefficient (Wildman–Crippen LogP) is 0.645. The van der Waals surface area contributed by atoms with Crippen LogP contribution in [0, 0.1) is 0 Å². The number of nitrogens with two attached hydrogens (primary N) is 1. The highest BCUT2D eigenvalue weighted by Gasteiger charge is 2.05. The van der Waals surface area contributed by atoms with Gasteiger partial charge in [-0.1, -0.05) is 12.1 Å². The maximum absolute atomic E-state index is 11.8. The molecule has 0 aliphatic heterocycles. The minimum absolute atomic E-state index is 0.0682. The van der Waals surface area contributed by atoms with Crippen LogP contribution >= 0.6 is 0 Å². The van der Waals surface area contributed by atoms with Crippen molar-refractivity contribution in [2.24, 2.45) is 0 Å². The van der Waals surface area contributed by atoms with Gasteiger partial charge in [0.25, 0.3) is 0 Å². The van der Waals surface area contributed by atoms with Gasteiger partial charge in [0.15, 0.2) is 0 Å². The van der Waals surface area contributed by atoms with E-state index in [1.54, 1.807) is 7.11 Å². The number of amides is 1. The Balaban J connectivity index is 1.96. The summed E-state index contributed by atoms with van der Waals surface area (Å²) in [7, 11) is 1.63. The van der Waals surface area contributed by atoms with E-state index in [4.69, 9.17) is 10.5 Å². The first kappa shape index (κ1) is 13.0. The third kappa shape index (κ3) is 3.78. The molecule has 0 saturated carbocycles. The highest BCUT2D eigenvalue weighted by atomic mass is 16.5. The smallest absolute Gasteiger partial charge is 0.246 e. The molecule has 3 N–H and O–H groups in total. The Morgan fingerprint density at radius 2 is 2.37 bits per heavy atom. The van der Waals surface area contributed by atoms with E-state index in [0.717, 1.165) is 5.56 Å². The van der Waals surface area contributed by atoms with Crippen molar-refractivity contribution in [2.75, 3.05) is 18.2 Å². The van der Waals surface area contributed by atoms with E-state index in [1.807, 2.05) is 24.3 Å². The molecule has 100 valence electrons. The maximum Gasteiger partial charge on any atom is 0.246 e. The molecule has 2 aromatic rings. The van der Waals surface area contributed by atoms with Crippen molar-refractivity contribution in [2.45, 2.75) is 13.2 Å². The molecule has 0 radical (unpaired) electrons. The van der Waals surface area contributed by atoms with E-state index in [9.17, 15) is 4.79 Å². The monoisotopic (exact) mass is 261 g/mol. The molecule has 0 spiro atoms. The van der Waals surface area contributed by atoms with Crippen molar-refractivity contribution in [3.8, 4) is 0 Å². The zero-order valence-electron chi connectivity index (χ0n) is 10.5. The quantitative estimate of drug-likeness (QED) is 0.823. The molecule has 1 heterocycles. The lowest BCUT2D eigenvalue weighted by Crippen LogP contribution is -2.19. The number of ether oxygens (including phenoxy) is 1. The largest absolute Gasteiger partial charge is 0.380 e. The molecule has 1 amide bonds. The molecule has 0 fully saturated rings. The van der Waals surface area contributed by atoms with E-state index in [1.165, 1.54) is 11.0 Å². The van der Waals surface area contributed by atoms with Crippen LogP contribution in [0.3, 0.4) is 0 Å². The fraction of sp³-hybridized carbons (Fsp3) is 0.250. The normalized spacial score (nSPS) is 10.4. The highest BCUT2D eigenvalue weighted by molar-refractivity contribution is 5.90. The molecule has 1 aromatic heterocycles. The number of anilines is 2. The summed E-state index contributed by atoms with van der Waals surface area (Å²) in [4.78, 5) is 15.5. The number of nitrogens with zero attached hydrogens (tertiary/aromatic N) is 3. The van der Waals surface area contributed by atoms with Gasteiger partial charge in [0.2, 0.25) is 11.9 Å². The van der Waals surface area contributed by atoms with Crippen LogP contribution in [0.5, 0.6) is 0 Å². The van der Waals surface area contributed by atoms with E-state index in [2.05, 4.69) is 15.4 Å². The molecular formula is C12H15N5O2. The van der Waals surface area contributed by atoms with Gasteiger partial charge in [-0.3, -0.25) is 4.79 Å². The Labute approximate surface area is 110 Å². The Kier molecular flexibility index (Phi) is 4.09. The average molecular weight is 261 g/mol. The van der Waals surface area contributed by atoms with Gasteiger partial charge in [-0.25, -0.2) is 9.67 Å². The molecule has 1 aromatic carbocycles. The fourth-order valence-corrected chi connectivity index (χ4v) is 1.64. The Morgan fingerprint density at radius 1 is 1.53 bits per heavy atom. The third-order valence-electron chi connectivity index (χ3n) is 2.38. The van der Waals surface area contributed by atoms with E-state index in [0.29, 0.717) is 12.3 Å². The second-order valence-corrected chi connectivity index (χ2v) is 3.98. The summed E-state index contributed by atoms with van der Waals surface area (Å²) in [5, 5.41) is 6.62. The van der Waals surface area contributed by atoms with Crippen molar-refractivity contribution in [1.82, 2.24) is 14.8 Å². The van der Waals surface area contributed by atoms with Crippen LogP contribution in [0.1, 0.15) is 5.56 Å². The number of carbonyl (C=O) groups excluding carboxylic acids is 1. The molecule has 0 saturated heterocycles. The number of nitrogen functional groups attached to an aromatic ring is 1. The van der Waals surface area contributed by atoms with Crippen LogP contribution in [0.25, 0.3) is 0 Å². The van der Waals surface area contributed by atoms with Gasteiger partial charge >= 0.3 is 0 Å². The Morgan fingerprint density at radius 3 is 3.05 bits per heavy atom. The second-order valence-electron chi connectivity index (χ2n) is 3.98. The maximum atomic E-state index is 11.8. The SMILES string of the molecule is COCc1cccc(NC(=O)Cn2cnc(N)n2)c1. The van der Waals surface area contributed by atoms with Gasteiger partial charge in [0, 0.05) is 12.8 Å². The van der Waals surface area contributed by atoms with E-state index < -0.39 is 0 Å². The molecule has 0 unspecified atom stereocenters. The summed E-state index contributed by atoms with van der Waals surface area (Å²) in [5.74, 6) is -0.0469. The molecule has 0 bridgehead atoms. The first-order chi connectivity index (χ1) is 9.17. The zero-order valence-corrected chi connectivity index (χ0v) is 10.5. The number of rotatable bonds is 5. The first-order valence-electron chi connectivity index (χ1n) is 5.70. The lowest BCUT2D eigenvalue weighted by atomic mass is 10.2. The number of methoxy groups -OCH3 is 1. The van der Waals surface area contributed by atoms with Crippen molar-refractivity contribution >= 4 is 17.5 Å². The van der Waals surface area contributed by atoms with Crippen LogP contribution in [0.4, 0.5) is 11.6 Å². The van der Waals surface area contributed by atoms with Gasteiger partial charge in [-0.05, 0) is 17.7 Å². The van der Waals surface area contributed by atoms with Gasteiger partial charge < -0.3 is 15.8 Å². The summed E-state index contributed by atoms with van der Waals surface area (Å²) < 4.78 is 6.42. The minimum atomic E-state index is -0.195. The molecule has 0 atom stereocenters. The average Bonchev–Trinajstić information content (AvgIpc) is 2.75. The van der Waals surface area contributed by atoms with Gasteiger partial charge in [0.05, 0.1) is 6.61 Å². The summed E-state index contributed by atoms with van der Waals surface area (Å²) in [5.41, 5.74) is 7.08. The summed E-state index contributed by atoms with van der Waals surface area (Å²) in [6.07, 6.45) is 1.41. The zero-order chi connectivity index (χ0) is 13.7. The molecule has 7 heteroatoms. The Bertz CT molecular complexity index is 567. The standard InChI is InChI=1S/C12H15N5O2/c1-19-7-9-3-2-4-10(5-9)15-11(18)6-17-8-14-12(13)16-17/h2-5,8H,6-7H2,1H3,(H2,13,16)(H,15,18). The molecule has 7 nitrogen and oxygen atoms in total. The van der Waals surface area contributed by atoms with Gasteiger partial charge in [0.1, 0.15) is 12.9 Å². The first-order valence-corrected chi connectivity index (χ1v) is 5.70. The molecule has 19 heavy (non-hydrogen) atoms.